The molecule has 24 heavy (non-hydrogen) atoms. The van der Waals surface area contributed by atoms with E-state index < -0.39 is 0 Å². The SMILES string of the molecule is C[C@@H](O)[C@H]1CC[C@@]23O[C@@]2(CC[C@H]2[C@H]3CCC3=CC(=O)CC[C@@]32C)C1. The van der Waals surface area contributed by atoms with Crippen LogP contribution >= 0.6 is 0 Å². The van der Waals surface area contributed by atoms with Crippen LogP contribution in [0.2, 0.25) is 0 Å². The number of carbonyl (C=O) groups excluding carboxylic acids is 1. The minimum atomic E-state index is -0.206. The largest absolute Gasteiger partial charge is 0.393 e. The Kier molecular flexibility index (Phi) is 3.07. The van der Waals surface area contributed by atoms with Gasteiger partial charge < -0.3 is 9.84 Å². The van der Waals surface area contributed by atoms with Gasteiger partial charge in [-0.2, -0.15) is 0 Å². The third-order valence-corrected chi connectivity index (χ3v) is 8.71. The Balaban J connectivity index is 1.46. The van der Waals surface area contributed by atoms with E-state index in [-0.39, 0.29) is 22.7 Å². The highest BCUT2D eigenvalue weighted by molar-refractivity contribution is 5.91. The summed E-state index contributed by atoms with van der Waals surface area (Å²) in [7, 11) is 0. The first-order chi connectivity index (χ1) is 11.4. The highest BCUT2D eigenvalue weighted by Crippen LogP contribution is 2.73. The van der Waals surface area contributed by atoms with Crippen LogP contribution in [0.1, 0.15) is 71.6 Å². The molecule has 0 aromatic rings. The van der Waals surface area contributed by atoms with E-state index in [1.54, 1.807) is 0 Å². The molecule has 0 aromatic heterocycles. The number of ketones is 1. The van der Waals surface area contributed by atoms with Crippen LogP contribution in [0.25, 0.3) is 0 Å². The van der Waals surface area contributed by atoms with Gasteiger partial charge in [0.15, 0.2) is 5.78 Å². The molecule has 3 saturated carbocycles. The summed E-state index contributed by atoms with van der Waals surface area (Å²) in [6.07, 6.45) is 11.5. The molecular formula is C21H30O3. The molecule has 0 spiro atoms. The van der Waals surface area contributed by atoms with Gasteiger partial charge in [0.1, 0.15) is 5.60 Å². The van der Waals surface area contributed by atoms with Crippen LogP contribution in [0.5, 0.6) is 0 Å². The summed E-state index contributed by atoms with van der Waals surface area (Å²) < 4.78 is 6.61. The Hall–Kier alpha value is -0.670. The van der Waals surface area contributed by atoms with Crippen molar-refractivity contribution in [2.75, 3.05) is 0 Å². The molecule has 1 N–H and O–H groups in total. The second-order valence-corrected chi connectivity index (χ2v) is 9.57. The monoisotopic (exact) mass is 330 g/mol. The van der Waals surface area contributed by atoms with Gasteiger partial charge in [-0.3, -0.25) is 4.79 Å². The lowest BCUT2D eigenvalue weighted by atomic mass is 9.47. The zero-order valence-corrected chi connectivity index (χ0v) is 15.0. The van der Waals surface area contributed by atoms with Gasteiger partial charge in [-0.1, -0.05) is 12.5 Å². The number of hydrogen-bond acceptors (Lipinski definition) is 3. The molecule has 4 aliphatic carbocycles. The lowest BCUT2D eigenvalue weighted by Gasteiger charge is -2.55. The molecule has 1 aliphatic heterocycles. The second kappa shape index (κ2) is 4.73. The van der Waals surface area contributed by atoms with Gasteiger partial charge in [0.25, 0.3) is 0 Å². The molecule has 1 heterocycles. The number of allylic oxidation sites excluding steroid dienone is 2. The Morgan fingerprint density at radius 1 is 1.17 bits per heavy atom. The van der Waals surface area contributed by atoms with E-state index >= 15 is 0 Å². The first-order valence-corrected chi connectivity index (χ1v) is 10.0. The average Bonchev–Trinajstić information content (AvgIpc) is 3.25. The molecule has 0 amide bonds. The lowest BCUT2D eigenvalue weighted by Crippen LogP contribution is -2.54. The van der Waals surface area contributed by atoms with Crippen molar-refractivity contribution in [3.8, 4) is 0 Å². The molecule has 4 fully saturated rings. The van der Waals surface area contributed by atoms with Crippen molar-refractivity contribution in [1.29, 1.82) is 0 Å². The van der Waals surface area contributed by atoms with Crippen LogP contribution in [-0.4, -0.2) is 28.2 Å². The van der Waals surface area contributed by atoms with Gasteiger partial charge in [0.2, 0.25) is 0 Å². The number of epoxide rings is 1. The maximum atomic E-state index is 11.9. The third kappa shape index (κ3) is 1.78. The maximum absolute atomic E-state index is 11.9. The smallest absolute Gasteiger partial charge is 0.155 e. The Morgan fingerprint density at radius 2 is 2.00 bits per heavy atom. The Labute approximate surface area is 144 Å². The molecule has 0 radical (unpaired) electrons. The van der Waals surface area contributed by atoms with Gasteiger partial charge in [0, 0.05) is 6.42 Å². The molecule has 3 nitrogen and oxygen atoms in total. The molecule has 7 atom stereocenters. The van der Waals surface area contributed by atoms with Crippen molar-refractivity contribution < 1.29 is 14.6 Å². The topological polar surface area (TPSA) is 49.8 Å². The number of carbonyl (C=O) groups is 1. The predicted octanol–water partition coefficient (Wildman–Crippen LogP) is 3.79. The summed E-state index contributed by atoms with van der Waals surface area (Å²) in [6.45, 7) is 4.37. The molecule has 5 rings (SSSR count). The van der Waals surface area contributed by atoms with E-state index in [1.165, 1.54) is 18.4 Å². The van der Waals surface area contributed by atoms with E-state index in [2.05, 4.69) is 6.92 Å². The summed E-state index contributed by atoms with van der Waals surface area (Å²) in [5.41, 5.74) is 1.85. The van der Waals surface area contributed by atoms with Crippen molar-refractivity contribution >= 4 is 5.78 Å². The maximum Gasteiger partial charge on any atom is 0.155 e. The second-order valence-electron chi connectivity index (χ2n) is 9.57. The van der Waals surface area contributed by atoms with Gasteiger partial charge >= 0.3 is 0 Å². The van der Waals surface area contributed by atoms with Crippen LogP contribution in [-0.2, 0) is 9.53 Å². The summed E-state index contributed by atoms with van der Waals surface area (Å²) in [6, 6.07) is 0. The van der Waals surface area contributed by atoms with Gasteiger partial charge in [-0.25, -0.2) is 0 Å². The van der Waals surface area contributed by atoms with Crippen molar-refractivity contribution in [3.63, 3.8) is 0 Å². The van der Waals surface area contributed by atoms with Crippen LogP contribution in [0, 0.1) is 23.2 Å². The minimum absolute atomic E-state index is 0.0795. The van der Waals surface area contributed by atoms with Gasteiger partial charge in [0.05, 0.1) is 11.7 Å². The van der Waals surface area contributed by atoms with Gasteiger partial charge in [-0.05, 0) is 87.5 Å². The Morgan fingerprint density at radius 3 is 2.79 bits per heavy atom. The number of ether oxygens (including phenoxy) is 1. The van der Waals surface area contributed by atoms with E-state index in [4.69, 9.17) is 4.74 Å². The molecule has 132 valence electrons. The van der Waals surface area contributed by atoms with Gasteiger partial charge in [-0.15, -0.1) is 0 Å². The lowest BCUT2D eigenvalue weighted by molar-refractivity contribution is -0.116. The van der Waals surface area contributed by atoms with E-state index in [0.29, 0.717) is 23.5 Å². The first kappa shape index (κ1) is 15.6. The fourth-order valence-electron chi connectivity index (χ4n) is 7.30. The van der Waals surface area contributed by atoms with E-state index in [0.717, 1.165) is 44.9 Å². The van der Waals surface area contributed by atoms with Crippen molar-refractivity contribution in [1.82, 2.24) is 0 Å². The predicted molar refractivity (Wildman–Crippen MR) is 91.4 cm³/mol. The molecule has 0 unspecified atom stereocenters. The zero-order chi connectivity index (χ0) is 16.7. The quantitative estimate of drug-likeness (QED) is 0.744. The highest BCUT2D eigenvalue weighted by atomic mass is 16.6. The summed E-state index contributed by atoms with van der Waals surface area (Å²) in [5, 5.41) is 10.1. The molecule has 0 bridgehead atoms. The molecule has 5 aliphatic rings. The van der Waals surface area contributed by atoms with E-state index in [9.17, 15) is 9.90 Å². The van der Waals surface area contributed by atoms with Crippen LogP contribution in [0.4, 0.5) is 0 Å². The number of fused-ring (bicyclic) bond motifs is 3. The minimum Gasteiger partial charge on any atom is -0.393 e. The zero-order valence-electron chi connectivity index (χ0n) is 15.0. The number of aliphatic hydroxyl groups is 1. The normalized spacial score (nSPS) is 53.9. The fraction of sp³-hybridized carbons (Fsp3) is 0.857. The first-order valence-electron chi connectivity index (χ1n) is 10.0. The molecular weight excluding hydrogens is 300 g/mol. The number of aliphatic hydroxyl groups excluding tert-OH is 1. The summed E-state index contributed by atoms with van der Waals surface area (Å²) in [4.78, 5) is 11.9. The molecule has 3 heteroatoms. The van der Waals surface area contributed by atoms with Crippen LogP contribution in [0.3, 0.4) is 0 Å². The van der Waals surface area contributed by atoms with Crippen LogP contribution in [0.15, 0.2) is 11.6 Å². The van der Waals surface area contributed by atoms with Crippen molar-refractivity contribution in [3.05, 3.63) is 11.6 Å². The average molecular weight is 330 g/mol. The van der Waals surface area contributed by atoms with Crippen LogP contribution < -0.4 is 0 Å². The van der Waals surface area contributed by atoms with E-state index in [1.807, 2.05) is 13.0 Å². The summed E-state index contributed by atoms with van der Waals surface area (Å²) in [5.74, 6) is 2.10. The summed E-state index contributed by atoms with van der Waals surface area (Å²) >= 11 is 0. The molecule has 1 saturated heterocycles. The Bertz CT molecular complexity index is 623. The highest BCUT2D eigenvalue weighted by Gasteiger charge is 2.78. The standard InChI is InChI=1S/C21H30O3/c1-13(22)14-5-10-21-18-4-3-15-11-16(23)6-8-19(15,2)17(18)7-9-20(21,12-14)24-21/h11,13-14,17-18,22H,3-10,12H2,1-2H3/t13-,14+,17+,18-,19+,20+,21+/m1/s1. The van der Waals surface area contributed by atoms with Crippen molar-refractivity contribution in [2.24, 2.45) is 23.2 Å². The third-order valence-electron chi connectivity index (χ3n) is 8.71. The number of rotatable bonds is 1. The molecule has 0 aromatic carbocycles. The fourth-order valence-corrected chi connectivity index (χ4v) is 7.30. The van der Waals surface area contributed by atoms with Crippen molar-refractivity contribution in [2.45, 2.75) is 88.9 Å². The number of hydrogen-bond donors (Lipinski definition) is 1.